The highest BCUT2D eigenvalue weighted by Crippen LogP contribution is 2.35. The number of nitrogens with zero attached hydrogens (tertiary/aromatic N) is 1. The summed E-state index contributed by atoms with van der Waals surface area (Å²) in [7, 11) is -1.94. The second kappa shape index (κ2) is 7.80. The highest BCUT2D eigenvalue weighted by atomic mass is 32.2. The third kappa shape index (κ3) is 3.85. The smallest absolute Gasteiger partial charge is 0.254 e. The summed E-state index contributed by atoms with van der Waals surface area (Å²) in [5.74, 6) is -0.385. The van der Waals surface area contributed by atoms with Crippen LogP contribution < -0.4 is 10.5 Å². The van der Waals surface area contributed by atoms with Crippen LogP contribution in [0.2, 0.25) is 0 Å². The molecular formula is C24H22N2O5S. The van der Waals surface area contributed by atoms with Crippen molar-refractivity contribution in [3.63, 3.8) is 0 Å². The number of hydrogen-bond acceptors (Lipinski definition) is 5. The number of amides is 2. The number of benzene rings is 3. The third-order valence-corrected chi connectivity index (χ3v) is 6.70. The summed E-state index contributed by atoms with van der Waals surface area (Å²) in [4.78, 5) is 25.9. The van der Waals surface area contributed by atoms with Crippen molar-refractivity contribution in [2.45, 2.75) is 11.4 Å². The largest absolute Gasteiger partial charge is 0.497 e. The number of carbonyl (C=O) groups excluding carboxylic acids is 2. The first-order chi connectivity index (χ1) is 15.1. The molecule has 8 heteroatoms. The number of rotatable bonds is 6. The van der Waals surface area contributed by atoms with Crippen molar-refractivity contribution in [2.75, 3.05) is 19.9 Å². The van der Waals surface area contributed by atoms with Crippen LogP contribution in [-0.4, -0.2) is 45.0 Å². The van der Waals surface area contributed by atoms with E-state index in [9.17, 15) is 18.0 Å². The molecule has 4 rings (SSSR count). The zero-order valence-electron chi connectivity index (χ0n) is 17.7. The summed E-state index contributed by atoms with van der Waals surface area (Å²) in [6.45, 7) is 4.04. The number of ether oxygens (including phenoxy) is 1. The molecular weight excluding hydrogens is 428 g/mol. The lowest BCUT2D eigenvalue weighted by molar-refractivity contribution is -0.114. The number of sulfone groups is 1. The van der Waals surface area contributed by atoms with Crippen LogP contribution in [0.15, 0.2) is 65.6 Å². The van der Waals surface area contributed by atoms with Crippen LogP contribution in [0.4, 0.5) is 0 Å². The maximum Gasteiger partial charge on any atom is 0.254 e. The van der Waals surface area contributed by atoms with E-state index in [1.54, 1.807) is 18.2 Å². The van der Waals surface area contributed by atoms with Gasteiger partial charge >= 0.3 is 0 Å². The van der Waals surface area contributed by atoms with Gasteiger partial charge in [0.15, 0.2) is 9.84 Å². The van der Waals surface area contributed by atoms with Gasteiger partial charge in [-0.25, -0.2) is 8.42 Å². The normalized spacial score (nSPS) is 13.3. The summed E-state index contributed by atoms with van der Waals surface area (Å²) < 4.78 is 29.5. The van der Waals surface area contributed by atoms with Gasteiger partial charge in [-0.1, -0.05) is 24.8 Å². The Bertz CT molecular complexity index is 1410. The minimum atomic E-state index is -3.43. The third-order valence-electron chi connectivity index (χ3n) is 5.61. The van der Waals surface area contributed by atoms with Crippen LogP contribution in [0.25, 0.3) is 21.9 Å². The summed E-state index contributed by atoms with van der Waals surface area (Å²) in [5.41, 5.74) is 8.33. The molecule has 2 N–H and O–H groups in total. The Morgan fingerprint density at radius 2 is 1.84 bits per heavy atom. The molecule has 0 fully saturated rings. The number of hydrogen-bond donors (Lipinski definition) is 1. The van der Waals surface area contributed by atoms with E-state index in [0.717, 1.165) is 28.2 Å². The van der Waals surface area contributed by atoms with E-state index < -0.39 is 15.7 Å². The van der Waals surface area contributed by atoms with Crippen molar-refractivity contribution >= 4 is 32.4 Å². The molecule has 3 aromatic rings. The molecule has 32 heavy (non-hydrogen) atoms. The van der Waals surface area contributed by atoms with Crippen LogP contribution in [-0.2, 0) is 21.2 Å². The monoisotopic (exact) mass is 450 g/mol. The summed E-state index contributed by atoms with van der Waals surface area (Å²) >= 11 is 0. The van der Waals surface area contributed by atoms with Gasteiger partial charge in [0.05, 0.1) is 18.6 Å². The minimum absolute atomic E-state index is 0.0671. The molecule has 1 aliphatic heterocycles. The van der Waals surface area contributed by atoms with Crippen LogP contribution in [0.1, 0.15) is 15.9 Å². The van der Waals surface area contributed by atoms with Gasteiger partial charge in [0.2, 0.25) is 5.91 Å². The van der Waals surface area contributed by atoms with Gasteiger partial charge in [-0.2, -0.15) is 0 Å². The Kier molecular flexibility index (Phi) is 5.26. The molecule has 7 nitrogen and oxygen atoms in total. The second-order valence-electron chi connectivity index (χ2n) is 7.83. The fraction of sp³-hybridized carbons (Fsp3) is 0.167. The number of fused-ring (bicyclic) bond motifs is 3. The molecule has 0 bridgehead atoms. The van der Waals surface area contributed by atoms with Gasteiger partial charge in [0, 0.05) is 23.9 Å². The topological polar surface area (TPSA) is 107 Å². The first-order valence-electron chi connectivity index (χ1n) is 9.80. The number of methoxy groups -OCH3 is 1. The van der Waals surface area contributed by atoms with E-state index in [-0.39, 0.29) is 22.9 Å². The summed E-state index contributed by atoms with van der Waals surface area (Å²) in [6, 6.07) is 14.3. The first kappa shape index (κ1) is 21.6. The molecule has 0 saturated carbocycles. The van der Waals surface area contributed by atoms with E-state index in [0.29, 0.717) is 23.4 Å². The fourth-order valence-electron chi connectivity index (χ4n) is 3.87. The van der Waals surface area contributed by atoms with Gasteiger partial charge < -0.3 is 15.4 Å². The summed E-state index contributed by atoms with van der Waals surface area (Å²) in [5, 5.41) is 1.83. The first-order valence-corrected chi connectivity index (χ1v) is 11.7. The molecule has 1 aliphatic rings. The van der Waals surface area contributed by atoms with Crippen molar-refractivity contribution in [1.29, 1.82) is 0 Å². The second-order valence-corrected chi connectivity index (χ2v) is 9.84. The van der Waals surface area contributed by atoms with Gasteiger partial charge in [-0.15, -0.1) is 0 Å². The average Bonchev–Trinajstić information content (AvgIpc) is 3.08. The maximum atomic E-state index is 12.8. The Labute approximate surface area is 186 Å². The molecule has 2 amide bonds. The quantitative estimate of drug-likeness (QED) is 0.581. The SMILES string of the molecule is C=C(CN1Cc2c(ccc3ccc(-c4cc(OC)cc(S(C)(=O)=O)c4)cc23)C1=O)C(N)=O. The number of nitrogens with two attached hydrogens (primary N) is 1. The van der Waals surface area contributed by atoms with E-state index in [2.05, 4.69) is 6.58 Å². The Balaban J connectivity index is 1.81. The lowest BCUT2D eigenvalue weighted by Crippen LogP contribution is -2.30. The van der Waals surface area contributed by atoms with Crippen molar-refractivity contribution in [1.82, 2.24) is 4.90 Å². The Morgan fingerprint density at radius 3 is 2.50 bits per heavy atom. The molecule has 0 unspecified atom stereocenters. The van der Waals surface area contributed by atoms with E-state index in [4.69, 9.17) is 10.5 Å². The molecule has 1 heterocycles. The highest BCUT2D eigenvalue weighted by molar-refractivity contribution is 7.90. The van der Waals surface area contributed by atoms with Crippen LogP contribution in [0, 0.1) is 0 Å². The predicted molar refractivity (Wildman–Crippen MR) is 122 cm³/mol. The predicted octanol–water partition coefficient (Wildman–Crippen LogP) is 2.92. The minimum Gasteiger partial charge on any atom is -0.497 e. The van der Waals surface area contributed by atoms with Crippen molar-refractivity contribution in [3.05, 3.63) is 71.8 Å². The van der Waals surface area contributed by atoms with E-state index in [1.807, 2.05) is 24.3 Å². The zero-order valence-corrected chi connectivity index (χ0v) is 18.5. The van der Waals surface area contributed by atoms with Gasteiger partial charge in [0.1, 0.15) is 5.75 Å². The molecule has 0 radical (unpaired) electrons. The van der Waals surface area contributed by atoms with Crippen LogP contribution in [0.5, 0.6) is 5.75 Å². The Hall–Kier alpha value is -3.65. The average molecular weight is 451 g/mol. The van der Waals surface area contributed by atoms with Crippen molar-refractivity contribution in [3.8, 4) is 16.9 Å². The standard InChI is InChI=1S/C24H22N2O5S/c1-14(23(25)27)12-26-13-22-20(24(26)28)7-6-15-4-5-16(10-21(15)22)17-8-18(31-2)11-19(9-17)32(3,29)30/h4-11H,1,12-13H2,2-3H3,(H2,25,27). The van der Waals surface area contributed by atoms with Gasteiger partial charge in [0.25, 0.3) is 5.91 Å². The molecule has 0 aliphatic carbocycles. The highest BCUT2D eigenvalue weighted by Gasteiger charge is 2.29. The van der Waals surface area contributed by atoms with Gasteiger partial charge in [-0.05, 0) is 57.8 Å². The van der Waals surface area contributed by atoms with E-state index in [1.165, 1.54) is 18.1 Å². The molecule has 0 atom stereocenters. The lowest BCUT2D eigenvalue weighted by Gasteiger charge is -2.15. The summed E-state index contributed by atoms with van der Waals surface area (Å²) in [6.07, 6.45) is 1.15. The molecule has 0 aromatic heterocycles. The zero-order chi connectivity index (χ0) is 23.2. The number of carbonyl (C=O) groups is 2. The van der Waals surface area contributed by atoms with Crippen LogP contribution in [0.3, 0.4) is 0 Å². The Morgan fingerprint density at radius 1 is 1.12 bits per heavy atom. The maximum absolute atomic E-state index is 12.8. The molecule has 0 saturated heterocycles. The molecule has 164 valence electrons. The van der Waals surface area contributed by atoms with E-state index >= 15 is 0 Å². The molecule has 0 spiro atoms. The molecule has 3 aromatic carbocycles. The number of primary amides is 1. The van der Waals surface area contributed by atoms with Crippen LogP contribution >= 0.6 is 0 Å². The lowest BCUT2D eigenvalue weighted by atomic mass is 9.96. The van der Waals surface area contributed by atoms with Crippen molar-refractivity contribution < 1.29 is 22.7 Å². The fourth-order valence-corrected chi connectivity index (χ4v) is 4.54. The van der Waals surface area contributed by atoms with Crippen molar-refractivity contribution in [2.24, 2.45) is 5.73 Å². The van der Waals surface area contributed by atoms with Gasteiger partial charge in [-0.3, -0.25) is 9.59 Å².